The second kappa shape index (κ2) is 9.79. The first-order chi connectivity index (χ1) is 9.76. The number of benzene rings is 1. The van der Waals surface area contributed by atoms with E-state index in [0.717, 1.165) is 22.7 Å². The molecule has 0 radical (unpaired) electrons. The molecule has 0 amide bonds. The fraction of sp³-hybridized carbons (Fsp3) is 0.278. The van der Waals surface area contributed by atoms with Crippen LogP contribution in [0.1, 0.15) is 34.6 Å². The summed E-state index contributed by atoms with van der Waals surface area (Å²) in [5.74, 6) is 1.44. The van der Waals surface area contributed by atoms with Crippen molar-refractivity contribution in [2.75, 3.05) is 0 Å². The van der Waals surface area contributed by atoms with E-state index in [4.69, 9.17) is 4.74 Å². The molecule has 2 heteroatoms. The number of aliphatic imine (C=N–C) groups is 1. The van der Waals surface area contributed by atoms with Crippen molar-refractivity contribution in [2.45, 2.75) is 34.6 Å². The molecule has 0 bridgehead atoms. The smallest absolute Gasteiger partial charge is 0.153 e. The summed E-state index contributed by atoms with van der Waals surface area (Å²) >= 11 is 0. The maximum absolute atomic E-state index is 5.76. The Balaban J connectivity index is 0.000000829. The van der Waals surface area contributed by atoms with Gasteiger partial charge in [-0.25, -0.2) is 4.99 Å². The minimum atomic E-state index is 0.696. The molecule has 0 saturated heterocycles. The van der Waals surface area contributed by atoms with Crippen molar-refractivity contribution in [1.29, 1.82) is 0 Å². The lowest BCUT2D eigenvalue weighted by Gasteiger charge is -2.07. The molecule has 108 valence electrons. The van der Waals surface area contributed by atoms with Gasteiger partial charge in [-0.1, -0.05) is 59.1 Å². The number of allylic oxidation sites excluding steroid dienone is 3. The van der Waals surface area contributed by atoms with Gasteiger partial charge in [-0.3, -0.25) is 0 Å². The van der Waals surface area contributed by atoms with Crippen LogP contribution in [0.3, 0.4) is 0 Å². The molecule has 0 aliphatic carbocycles. The second-order valence-corrected chi connectivity index (χ2v) is 3.45. The van der Waals surface area contributed by atoms with Crippen molar-refractivity contribution in [2.24, 2.45) is 4.99 Å². The van der Waals surface area contributed by atoms with Crippen LogP contribution in [-0.4, -0.2) is 5.71 Å². The topological polar surface area (TPSA) is 21.6 Å². The molecule has 0 N–H and O–H groups in total. The van der Waals surface area contributed by atoms with Gasteiger partial charge < -0.3 is 4.74 Å². The second-order valence-electron chi connectivity index (χ2n) is 3.45. The van der Waals surface area contributed by atoms with Crippen LogP contribution in [0.4, 0.5) is 5.69 Å². The molecule has 1 heterocycles. The fourth-order valence-corrected chi connectivity index (χ4v) is 1.63. The summed E-state index contributed by atoms with van der Waals surface area (Å²) in [6, 6.07) is 7.67. The van der Waals surface area contributed by atoms with E-state index < -0.39 is 0 Å². The lowest BCUT2D eigenvalue weighted by atomic mass is 10.1. The monoisotopic (exact) mass is 271 g/mol. The van der Waals surface area contributed by atoms with E-state index in [1.807, 2.05) is 58.9 Å². The van der Waals surface area contributed by atoms with Crippen molar-refractivity contribution >= 4 is 11.4 Å². The first-order valence-corrected chi connectivity index (χ1v) is 7.08. The van der Waals surface area contributed by atoms with Crippen LogP contribution in [0.15, 0.2) is 65.9 Å². The first-order valence-electron chi connectivity index (χ1n) is 7.08. The zero-order chi connectivity index (χ0) is 15.5. The predicted molar refractivity (Wildman–Crippen MR) is 90.0 cm³/mol. The average Bonchev–Trinajstić information content (AvgIpc) is 2.66. The third-order valence-corrected chi connectivity index (χ3v) is 2.42. The highest BCUT2D eigenvalue weighted by Gasteiger charge is 2.13. The number of rotatable bonds is 2. The van der Waals surface area contributed by atoms with E-state index in [0.29, 0.717) is 5.76 Å². The predicted octanol–water partition coefficient (Wildman–Crippen LogP) is 5.85. The van der Waals surface area contributed by atoms with Crippen LogP contribution in [0.5, 0.6) is 5.75 Å². The van der Waals surface area contributed by atoms with E-state index in [-0.39, 0.29) is 0 Å². The van der Waals surface area contributed by atoms with Crippen LogP contribution < -0.4 is 4.74 Å². The Bertz CT molecular complexity index is 510. The summed E-state index contributed by atoms with van der Waals surface area (Å²) in [4.78, 5) is 4.50. The van der Waals surface area contributed by atoms with E-state index in [1.165, 1.54) is 0 Å². The lowest BCUT2D eigenvalue weighted by molar-refractivity contribution is 0.445. The largest absolute Gasteiger partial charge is 0.454 e. The third kappa shape index (κ3) is 4.23. The molecular formula is C18H25NO. The van der Waals surface area contributed by atoms with Crippen molar-refractivity contribution in [3.05, 3.63) is 60.9 Å². The van der Waals surface area contributed by atoms with E-state index in [2.05, 4.69) is 18.2 Å². The molecule has 0 saturated carbocycles. The molecule has 0 aromatic heterocycles. The molecule has 2 rings (SSSR count). The van der Waals surface area contributed by atoms with Gasteiger partial charge in [0.15, 0.2) is 5.75 Å². The molecule has 20 heavy (non-hydrogen) atoms. The first kappa shape index (κ1) is 17.9. The molecular weight excluding hydrogens is 246 g/mol. The van der Waals surface area contributed by atoms with Gasteiger partial charge in [0.25, 0.3) is 0 Å². The Morgan fingerprint density at radius 2 is 1.60 bits per heavy atom. The quantitative estimate of drug-likeness (QED) is 0.661. The number of hydrogen-bond acceptors (Lipinski definition) is 2. The molecule has 2 nitrogen and oxygen atoms in total. The highest BCUT2D eigenvalue weighted by atomic mass is 16.5. The lowest BCUT2D eigenvalue weighted by Crippen LogP contribution is -2.00. The van der Waals surface area contributed by atoms with Gasteiger partial charge in [-0.05, 0) is 25.1 Å². The van der Waals surface area contributed by atoms with E-state index in [1.54, 1.807) is 12.2 Å². The highest BCUT2D eigenvalue weighted by molar-refractivity contribution is 6.03. The summed E-state index contributed by atoms with van der Waals surface area (Å²) in [7, 11) is 0. The van der Waals surface area contributed by atoms with Gasteiger partial charge in [0.2, 0.25) is 0 Å². The molecule has 0 fully saturated rings. The van der Waals surface area contributed by atoms with Gasteiger partial charge in [-0.15, -0.1) is 0 Å². The number of para-hydroxylation sites is 2. The van der Waals surface area contributed by atoms with Gasteiger partial charge in [0, 0.05) is 11.3 Å². The van der Waals surface area contributed by atoms with Gasteiger partial charge >= 0.3 is 0 Å². The van der Waals surface area contributed by atoms with Crippen molar-refractivity contribution < 1.29 is 4.74 Å². The molecule has 0 unspecified atom stereocenters. The summed E-state index contributed by atoms with van der Waals surface area (Å²) < 4.78 is 5.76. The Labute approximate surface area is 123 Å². The van der Waals surface area contributed by atoms with Crippen LogP contribution in [0.25, 0.3) is 0 Å². The highest BCUT2D eigenvalue weighted by Crippen LogP contribution is 2.33. The van der Waals surface area contributed by atoms with Gasteiger partial charge in [0.05, 0.1) is 0 Å². The summed E-state index contributed by atoms with van der Waals surface area (Å²) in [6.07, 6.45) is 3.42. The summed E-state index contributed by atoms with van der Waals surface area (Å²) in [6.45, 7) is 17.5. The van der Waals surface area contributed by atoms with E-state index >= 15 is 0 Å². The van der Waals surface area contributed by atoms with Crippen molar-refractivity contribution in [1.82, 2.24) is 0 Å². The van der Waals surface area contributed by atoms with Crippen LogP contribution in [0.2, 0.25) is 0 Å². The van der Waals surface area contributed by atoms with Crippen molar-refractivity contribution in [3.8, 4) is 5.75 Å². The third-order valence-electron chi connectivity index (χ3n) is 2.42. The van der Waals surface area contributed by atoms with E-state index in [9.17, 15) is 0 Å². The van der Waals surface area contributed by atoms with Gasteiger partial charge in [0.1, 0.15) is 11.4 Å². The number of hydrogen-bond donors (Lipinski definition) is 0. The maximum atomic E-state index is 5.76. The summed E-state index contributed by atoms with van der Waals surface area (Å²) in [5.41, 5.74) is 2.59. The van der Waals surface area contributed by atoms with Crippen LogP contribution in [0, 0.1) is 0 Å². The Hall–Kier alpha value is -2.09. The number of fused-ring (bicyclic) bond motifs is 1. The minimum absolute atomic E-state index is 0.696. The SMILES string of the molecule is C=CC1=C(C=C)C(C)=Nc2ccccc2O1.CC.CC. The molecule has 0 atom stereocenters. The zero-order valence-electron chi connectivity index (χ0n) is 13.2. The number of ether oxygens (including phenoxy) is 1. The van der Waals surface area contributed by atoms with Crippen LogP contribution >= 0.6 is 0 Å². The maximum Gasteiger partial charge on any atom is 0.153 e. The molecule has 0 spiro atoms. The Kier molecular flexibility index (Phi) is 8.77. The fourth-order valence-electron chi connectivity index (χ4n) is 1.63. The zero-order valence-corrected chi connectivity index (χ0v) is 13.2. The molecule has 1 aromatic carbocycles. The Morgan fingerprint density at radius 3 is 2.15 bits per heavy atom. The van der Waals surface area contributed by atoms with Gasteiger partial charge in [-0.2, -0.15) is 0 Å². The summed E-state index contributed by atoms with van der Waals surface area (Å²) in [5, 5.41) is 0. The normalized spacial score (nSPS) is 12.2. The molecule has 1 aromatic rings. The Morgan fingerprint density at radius 1 is 1.00 bits per heavy atom. The number of nitrogens with zero attached hydrogens (tertiary/aromatic N) is 1. The molecule has 1 aliphatic rings. The minimum Gasteiger partial charge on any atom is -0.454 e. The standard InChI is InChI=1S/C14H13NO.2C2H6/c1-4-11-10(3)15-12-8-6-7-9-14(12)16-13(11)5-2;2*1-2/h4-9H,1-2H2,3H3;2*1-2H3. The average molecular weight is 271 g/mol. The van der Waals surface area contributed by atoms with Crippen molar-refractivity contribution in [3.63, 3.8) is 0 Å². The molecule has 1 aliphatic heterocycles. The van der Waals surface area contributed by atoms with Crippen LogP contribution in [-0.2, 0) is 0 Å².